The first-order valence-electron chi connectivity index (χ1n) is 9.67. The number of carbonyl (C=O) groups is 1. The Hall–Kier alpha value is -2.80. The molecule has 0 aliphatic carbocycles. The largest absolute Gasteiger partial charge is 0.339 e. The predicted octanol–water partition coefficient (Wildman–Crippen LogP) is 2.38. The zero-order chi connectivity index (χ0) is 19.8. The van der Waals surface area contributed by atoms with Crippen LogP contribution in [0.4, 0.5) is 0 Å². The van der Waals surface area contributed by atoms with Gasteiger partial charge in [-0.05, 0) is 36.6 Å². The van der Waals surface area contributed by atoms with E-state index in [4.69, 9.17) is 0 Å². The molecule has 1 aliphatic heterocycles. The Kier molecular flexibility index (Phi) is 4.85. The Morgan fingerprint density at radius 3 is 2.79 bits per heavy atom. The lowest BCUT2D eigenvalue weighted by Gasteiger charge is -2.36. The highest BCUT2D eigenvalue weighted by Crippen LogP contribution is 2.23. The molecule has 1 aliphatic rings. The quantitative estimate of drug-likeness (QED) is 0.697. The van der Waals surface area contributed by atoms with Gasteiger partial charge in [-0.25, -0.2) is 9.50 Å². The van der Waals surface area contributed by atoms with Gasteiger partial charge in [-0.2, -0.15) is 10.1 Å². The third-order valence-electron chi connectivity index (χ3n) is 5.54. The summed E-state index contributed by atoms with van der Waals surface area (Å²) in [4.78, 5) is 25.8. The minimum absolute atomic E-state index is 0.0836. The fraction of sp³-hybridized carbons (Fsp3) is 0.429. The van der Waals surface area contributed by atoms with Crippen LogP contribution in [0.5, 0.6) is 0 Å². The average molecular weight is 378 g/mol. The van der Waals surface area contributed by atoms with E-state index >= 15 is 0 Å². The van der Waals surface area contributed by atoms with Crippen molar-refractivity contribution in [1.82, 2.24) is 29.4 Å². The van der Waals surface area contributed by atoms with Gasteiger partial charge < -0.3 is 4.90 Å². The van der Waals surface area contributed by atoms with E-state index in [9.17, 15) is 4.79 Å². The number of amides is 1. The van der Waals surface area contributed by atoms with Crippen LogP contribution in [-0.4, -0.2) is 62.0 Å². The highest BCUT2D eigenvalue weighted by Gasteiger charge is 2.27. The number of aromatic nitrogens is 4. The van der Waals surface area contributed by atoms with Crippen LogP contribution in [0, 0.1) is 0 Å². The molecule has 1 aromatic carbocycles. The number of hydrogen-bond acceptors (Lipinski definition) is 5. The molecule has 28 heavy (non-hydrogen) atoms. The van der Waals surface area contributed by atoms with Crippen LogP contribution in [0.1, 0.15) is 47.1 Å². The molecule has 1 atom stereocenters. The molecule has 0 spiro atoms. The van der Waals surface area contributed by atoms with Gasteiger partial charge >= 0.3 is 0 Å². The molecule has 0 unspecified atom stereocenters. The number of likely N-dealkylation sites (N-methyl/N-ethyl adjacent to an activating group) is 2. The van der Waals surface area contributed by atoms with Crippen LogP contribution in [0.25, 0.3) is 5.78 Å². The molecule has 0 saturated carbocycles. The van der Waals surface area contributed by atoms with E-state index in [1.54, 1.807) is 9.42 Å². The lowest BCUT2D eigenvalue weighted by molar-refractivity contribution is 0.0727. The number of fused-ring (bicyclic) bond motifs is 2. The van der Waals surface area contributed by atoms with Crippen molar-refractivity contribution >= 4 is 11.7 Å². The van der Waals surface area contributed by atoms with Crippen LogP contribution >= 0.6 is 0 Å². The third-order valence-corrected chi connectivity index (χ3v) is 5.54. The SMILES string of the molecule is CC(C)c1cc(C(=O)N(C)C[C@@H]2Cc3ccccc3CN2C)nc2ncnn12. The van der Waals surface area contributed by atoms with E-state index in [-0.39, 0.29) is 17.9 Å². The molecule has 0 fully saturated rings. The first-order valence-corrected chi connectivity index (χ1v) is 9.67. The minimum Gasteiger partial charge on any atom is -0.339 e. The summed E-state index contributed by atoms with van der Waals surface area (Å²) in [6.45, 7) is 5.70. The molecule has 0 bridgehead atoms. The molecular formula is C21H26N6O. The highest BCUT2D eigenvalue weighted by molar-refractivity contribution is 5.92. The second kappa shape index (κ2) is 7.31. The molecule has 7 heteroatoms. The third kappa shape index (κ3) is 3.38. The Bertz CT molecular complexity index is 1010. The van der Waals surface area contributed by atoms with Gasteiger partial charge in [0, 0.05) is 26.2 Å². The Morgan fingerprint density at radius 1 is 1.29 bits per heavy atom. The average Bonchev–Trinajstić information content (AvgIpc) is 3.15. The Labute approximate surface area is 165 Å². The number of carbonyl (C=O) groups excluding carboxylic acids is 1. The molecule has 0 N–H and O–H groups in total. The lowest BCUT2D eigenvalue weighted by atomic mass is 9.94. The standard InChI is InChI=1S/C21H26N6O/c1-14(2)19-10-18(24-21-22-13-23-27(19)21)20(28)26(4)12-17-9-15-7-5-6-8-16(15)11-25(17)3/h5-8,10,13-14,17H,9,11-12H2,1-4H3/t17-/m0/s1. The molecule has 1 amide bonds. The summed E-state index contributed by atoms with van der Waals surface area (Å²) in [6.07, 6.45) is 2.42. The molecule has 2 aromatic heterocycles. The van der Waals surface area contributed by atoms with Gasteiger partial charge in [-0.1, -0.05) is 38.1 Å². The number of nitrogens with zero attached hydrogens (tertiary/aromatic N) is 6. The summed E-state index contributed by atoms with van der Waals surface area (Å²) in [6, 6.07) is 10.7. The summed E-state index contributed by atoms with van der Waals surface area (Å²) in [5, 5.41) is 4.22. The number of rotatable bonds is 4. The maximum Gasteiger partial charge on any atom is 0.272 e. The predicted molar refractivity (Wildman–Crippen MR) is 107 cm³/mol. The van der Waals surface area contributed by atoms with Crippen LogP contribution in [0.2, 0.25) is 0 Å². The molecule has 0 radical (unpaired) electrons. The van der Waals surface area contributed by atoms with Crippen molar-refractivity contribution in [2.75, 3.05) is 20.6 Å². The van der Waals surface area contributed by atoms with Gasteiger partial charge in [-0.15, -0.1) is 0 Å². The lowest BCUT2D eigenvalue weighted by Crippen LogP contribution is -2.46. The molecule has 3 heterocycles. The summed E-state index contributed by atoms with van der Waals surface area (Å²) in [5.41, 5.74) is 4.10. The van der Waals surface area contributed by atoms with Gasteiger partial charge in [0.25, 0.3) is 11.7 Å². The fourth-order valence-corrected chi connectivity index (χ4v) is 3.87. The van der Waals surface area contributed by atoms with Crippen molar-refractivity contribution in [1.29, 1.82) is 0 Å². The zero-order valence-electron chi connectivity index (χ0n) is 16.8. The van der Waals surface area contributed by atoms with Gasteiger partial charge in [0.15, 0.2) is 0 Å². The maximum absolute atomic E-state index is 13.1. The van der Waals surface area contributed by atoms with E-state index in [1.165, 1.54) is 17.5 Å². The van der Waals surface area contributed by atoms with Crippen LogP contribution in [-0.2, 0) is 13.0 Å². The fourth-order valence-electron chi connectivity index (χ4n) is 3.87. The topological polar surface area (TPSA) is 66.6 Å². The Balaban J connectivity index is 1.55. The van der Waals surface area contributed by atoms with Crippen LogP contribution in [0.3, 0.4) is 0 Å². The zero-order valence-corrected chi connectivity index (χ0v) is 16.8. The van der Waals surface area contributed by atoms with Gasteiger partial charge in [-0.3, -0.25) is 9.69 Å². The molecule has 146 valence electrons. The summed E-state index contributed by atoms with van der Waals surface area (Å²) >= 11 is 0. The molecule has 7 nitrogen and oxygen atoms in total. The van der Waals surface area contributed by atoms with Crippen molar-refractivity contribution in [2.24, 2.45) is 0 Å². The van der Waals surface area contributed by atoms with Crippen LogP contribution < -0.4 is 0 Å². The highest BCUT2D eigenvalue weighted by atomic mass is 16.2. The van der Waals surface area contributed by atoms with E-state index in [0.29, 0.717) is 18.0 Å². The first kappa shape index (κ1) is 18.6. The van der Waals surface area contributed by atoms with Crippen molar-refractivity contribution in [3.05, 3.63) is 59.2 Å². The van der Waals surface area contributed by atoms with Crippen molar-refractivity contribution in [3.8, 4) is 0 Å². The van der Waals surface area contributed by atoms with Crippen molar-refractivity contribution in [3.63, 3.8) is 0 Å². The smallest absolute Gasteiger partial charge is 0.272 e. The maximum atomic E-state index is 13.1. The monoisotopic (exact) mass is 378 g/mol. The number of benzene rings is 1. The van der Waals surface area contributed by atoms with Gasteiger partial charge in [0.05, 0.1) is 5.69 Å². The summed E-state index contributed by atoms with van der Waals surface area (Å²) < 4.78 is 1.70. The molecule has 4 rings (SSSR count). The van der Waals surface area contributed by atoms with Crippen molar-refractivity contribution in [2.45, 2.75) is 38.8 Å². The molecule has 0 saturated heterocycles. The molecule has 3 aromatic rings. The van der Waals surface area contributed by atoms with E-state index in [0.717, 1.165) is 18.7 Å². The van der Waals surface area contributed by atoms with E-state index in [1.807, 2.05) is 13.1 Å². The van der Waals surface area contributed by atoms with E-state index in [2.05, 4.69) is 65.1 Å². The second-order valence-electron chi connectivity index (χ2n) is 7.92. The summed E-state index contributed by atoms with van der Waals surface area (Å²) in [7, 11) is 3.97. The first-order chi connectivity index (χ1) is 13.4. The number of hydrogen-bond donors (Lipinski definition) is 0. The van der Waals surface area contributed by atoms with E-state index < -0.39 is 0 Å². The van der Waals surface area contributed by atoms with Crippen LogP contribution in [0.15, 0.2) is 36.7 Å². The molecular weight excluding hydrogens is 352 g/mol. The normalized spacial score (nSPS) is 17.1. The minimum atomic E-state index is -0.0836. The second-order valence-corrected chi connectivity index (χ2v) is 7.92. The Morgan fingerprint density at radius 2 is 2.04 bits per heavy atom. The summed E-state index contributed by atoms with van der Waals surface area (Å²) in [5.74, 6) is 0.594. The van der Waals surface area contributed by atoms with Crippen molar-refractivity contribution < 1.29 is 4.79 Å². The van der Waals surface area contributed by atoms with Gasteiger partial charge in [0.2, 0.25) is 0 Å². The van der Waals surface area contributed by atoms with Gasteiger partial charge in [0.1, 0.15) is 12.0 Å².